The van der Waals surface area contributed by atoms with E-state index in [-0.39, 0.29) is 11.9 Å². The normalized spacial score (nSPS) is 16.3. The Balaban J connectivity index is 1.86. The number of oxazole rings is 1. The molecule has 1 atom stereocenters. The minimum absolute atomic E-state index is 0.0329. The van der Waals surface area contributed by atoms with Gasteiger partial charge in [0.2, 0.25) is 5.91 Å². The van der Waals surface area contributed by atoms with Gasteiger partial charge in [-0.25, -0.2) is 4.79 Å². The third-order valence-corrected chi connectivity index (χ3v) is 5.53. The van der Waals surface area contributed by atoms with E-state index in [1.54, 1.807) is 19.3 Å². The fourth-order valence-corrected chi connectivity index (χ4v) is 4.01. The second kappa shape index (κ2) is 6.85. The van der Waals surface area contributed by atoms with Gasteiger partial charge in [0.15, 0.2) is 5.58 Å². The number of amides is 1. The van der Waals surface area contributed by atoms with E-state index >= 15 is 0 Å². The standard InChI is InChI=1S/C20H20ClN3O3/c1-3-19(25)23-16-6-4-5-11-13(9-22-10-14(11)16)12-7-17-18(8-15(12)21)27-20(26)24(17)2/h7-10,16H,3-6H2,1-2H3,(H,23,25)/t16-/m1/s1. The molecule has 0 saturated carbocycles. The fourth-order valence-electron chi connectivity index (χ4n) is 3.75. The SMILES string of the molecule is CCC(=O)N[C@@H]1CCCc2c(-c3cc4c(cc3Cl)oc(=O)n4C)cncc21. The Bertz CT molecular complexity index is 1100. The average Bonchev–Trinajstić information content (AvgIpc) is 2.94. The molecule has 2 heterocycles. The van der Waals surface area contributed by atoms with Crippen LogP contribution < -0.4 is 11.1 Å². The zero-order chi connectivity index (χ0) is 19.1. The first kappa shape index (κ1) is 17.8. The number of carbonyl (C=O) groups is 1. The Morgan fingerprint density at radius 3 is 2.96 bits per heavy atom. The largest absolute Gasteiger partial charge is 0.419 e. The van der Waals surface area contributed by atoms with Crippen LogP contribution >= 0.6 is 11.6 Å². The topological polar surface area (TPSA) is 77.1 Å². The van der Waals surface area contributed by atoms with Gasteiger partial charge in [-0.2, -0.15) is 0 Å². The summed E-state index contributed by atoms with van der Waals surface area (Å²) in [5.74, 6) is -0.389. The number of hydrogen-bond donors (Lipinski definition) is 1. The molecule has 1 N–H and O–H groups in total. The number of nitrogens with one attached hydrogen (secondary N) is 1. The molecule has 0 saturated heterocycles. The van der Waals surface area contributed by atoms with Gasteiger partial charge in [-0.3, -0.25) is 14.3 Å². The molecule has 3 aromatic rings. The number of fused-ring (bicyclic) bond motifs is 2. The molecule has 7 heteroatoms. The van der Waals surface area contributed by atoms with Gasteiger partial charge in [-0.1, -0.05) is 18.5 Å². The van der Waals surface area contributed by atoms with Crippen LogP contribution in [0.2, 0.25) is 5.02 Å². The number of aromatic nitrogens is 2. The number of aryl methyl sites for hydroxylation is 1. The van der Waals surface area contributed by atoms with Crippen LogP contribution in [0.25, 0.3) is 22.2 Å². The number of rotatable bonds is 3. The number of hydrogen-bond acceptors (Lipinski definition) is 4. The predicted molar refractivity (Wildman–Crippen MR) is 104 cm³/mol. The van der Waals surface area contributed by atoms with Crippen LogP contribution in [-0.2, 0) is 18.3 Å². The van der Waals surface area contributed by atoms with Crippen molar-refractivity contribution in [3.63, 3.8) is 0 Å². The molecule has 140 valence electrons. The van der Waals surface area contributed by atoms with E-state index in [2.05, 4.69) is 10.3 Å². The quantitative estimate of drug-likeness (QED) is 0.744. The van der Waals surface area contributed by atoms with E-state index < -0.39 is 5.76 Å². The van der Waals surface area contributed by atoms with Gasteiger partial charge < -0.3 is 9.73 Å². The molecule has 0 fully saturated rings. The average molecular weight is 386 g/mol. The van der Waals surface area contributed by atoms with Crippen LogP contribution in [0.3, 0.4) is 0 Å². The van der Waals surface area contributed by atoms with Crippen molar-refractivity contribution in [1.82, 2.24) is 14.9 Å². The van der Waals surface area contributed by atoms with Gasteiger partial charge in [0.25, 0.3) is 0 Å². The highest BCUT2D eigenvalue weighted by atomic mass is 35.5. The molecule has 0 radical (unpaired) electrons. The molecule has 1 amide bonds. The van der Waals surface area contributed by atoms with Crippen molar-refractivity contribution in [3.8, 4) is 11.1 Å². The van der Waals surface area contributed by atoms with Gasteiger partial charge >= 0.3 is 5.76 Å². The Kier molecular flexibility index (Phi) is 4.52. The number of benzene rings is 1. The Labute approximate surface area is 161 Å². The highest BCUT2D eigenvalue weighted by Gasteiger charge is 2.25. The van der Waals surface area contributed by atoms with Crippen molar-refractivity contribution >= 4 is 28.6 Å². The van der Waals surface area contributed by atoms with Gasteiger partial charge in [0.05, 0.1) is 16.6 Å². The van der Waals surface area contributed by atoms with E-state index in [4.69, 9.17) is 16.0 Å². The van der Waals surface area contributed by atoms with Crippen LogP contribution in [0.1, 0.15) is 43.4 Å². The minimum atomic E-state index is -0.422. The van der Waals surface area contributed by atoms with Crippen molar-refractivity contribution in [2.75, 3.05) is 0 Å². The summed E-state index contributed by atoms with van der Waals surface area (Å²) >= 11 is 6.52. The minimum Gasteiger partial charge on any atom is -0.408 e. The maximum atomic E-state index is 11.9. The molecule has 0 bridgehead atoms. The summed E-state index contributed by atoms with van der Waals surface area (Å²) in [5.41, 5.74) is 5.08. The summed E-state index contributed by atoms with van der Waals surface area (Å²) in [6.07, 6.45) is 6.85. The molecular formula is C20H20ClN3O3. The maximum absolute atomic E-state index is 11.9. The zero-order valence-corrected chi connectivity index (χ0v) is 16.0. The first-order chi connectivity index (χ1) is 13.0. The molecule has 1 aliphatic carbocycles. The first-order valence-corrected chi connectivity index (χ1v) is 9.43. The lowest BCUT2D eigenvalue weighted by Gasteiger charge is -2.28. The summed E-state index contributed by atoms with van der Waals surface area (Å²) < 4.78 is 6.68. The predicted octanol–water partition coefficient (Wildman–Crippen LogP) is 3.75. The maximum Gasteiger partial charge on any atom is 0.419 e. The van der Waals surface area contributed by atoms with Crippen LogP contribution in [-0.4, -0.2) is 15.5 Å². The van der Waals surface area contributed by atoms with Crippen molar-refractivity contribution in [2.24, 2.45) is 7.05 Å². The molecule has 0 spiro atoms. The zero-order valence-electron chi connectivity index (χ0n) is 15.2. The lowest BCUT2D eigenvalue weighted by molar-refractivity contribution is -0.121. The smallest absolute Gasteiger partial charge is 0.408 e. The van der Waals surface area contributed by atoms with Gasteiger partial charge in [0, 0.05) is 43.1 Å². The number of carbonyl (C=O) groups excluding carboxylic acids is 1. The van der Waals surface area contributed by atoms with E-state index in [9.17, 15) is 9.59 Å². The Morgan fingerprint density at radius 2 is 2.19 bits per heavy atom. The van der Waals surface area contributed by atoms with E-state index in [1.165, 1.54) is 4.57 Å². The molecule has 0 unspecified atom stereocenters. The third-order valence-electron chi connectivity index (χ3n) is 5.21. The third kappa shape index (κ3) is 3.04. The summed E-state index contributed by atoms with van der Waals surface area (Å²) in [6, 6.07) is 3.51. The molecule has 1 aromatic carbocycles. The van der Waals surface area contributed by atoms with Crippen molar-refractivity contribution in [3.05, 3.63) is 51.2 Å². The summed E-state index contributed by atoms with van der Waals surface area (Å²) in [4.78, 5) is 28.1. The molecule has 4 rings (SSSR count). The number of pyridine rings is 1. The van der Waals surface area contributed by atoms with Gasteiger partial charge in [-0.05, 0) is 36.5 Å². The summed E-state index contributed by atoms with van der Waals surface area (Å²) in [7, 11) is 1.67. The molecular weight excluding hydrogens is 366 g/mol. The molecule has 0 aliphatic heterocycles. The van der Waals surface area contributed by atoms with E-state index in [1.807, 2.05) is 19.2 Å². The van der Waals surface area contributed by atoms with Crippen LogP contribution in [0.15, 0.2) is 33.7 Å². The lowest BCUT2D eigenvalue weighted by Crippen LogP contribution is -2.30. The summed E-state index contributed by atoms with van der Waals surface area (Å²) in [6.45, 7) is 1.85. The van der Waals surface area contributed by atoms with E-state index in [0.29, 0.717) is 22.5 Å². The monoisotopic (exact) mass is 385 g/mol. The molecule has 2 aromatic heterocycles. The second-order valence-electron chi connectivity index (χ2n) is 6.85. The number of halogens is 1. The Hall–Kier alpha value is -2.60. The van der Waals surface area contributed by atoms with Crippen LogP contribution in [0.5, 0.6) is 0 Å². The number of nitrogens with zero attached hydrogens (tertiary/aromatic N) is 2. The van der Waals surface area contributed by atoms with Crippen LogP contribution in [0, 0.1) is 0 Å². The molecule has 6 nitrogen and oxygen atoms in total. The summed E-state index contributed by atoms with van der Waals surface area (Å²) in [5, 5.41) is 3.59. The molecule has 1 aliphatic rings. The fraction of sp³-hybridized carbons (Fsp3) is 0.350. The molecule has 27 heavy (non-hydrogen) atoms. The van der Waals surface area contributed by atoms with E-state index in [0.717, 1.165) is 41.5 Å². The Morgan fingerprint density at radius 1 is 1.37 bits per heavy atom. The van der Waals surface area contributed by atoms with Gasteiger partial charge in [-0.15, -0.1) is 0 Å². The second-order valence-corrected chi connectivity index (χ2v) is 7.25. The van der Waals surface area contributed by atoms with Gasteiger partial charge in [0.1, 0.15) is 0 Å². The lowest BCUT2D eigenvalue weighted by atomic mass is 9.84. The van der Waals surface area contributed by atoms with Crippen molar-refractivity contribution < 1.29 is 9.21 Å². The van der Waals surface area contributed by atoms with Crippen molar-refractivity contribution in [1.29, 1.82) is 0 Å². The highest BCUT2D eigenvalue weighted by Crippen LogP contribution is 2.39. The van der Waals surface area contributed by atoms with Crippen molar-refractivity contribution in [2.45, 2.75) is 38.6 Å². The highest BCUT2D eigenvalue weighted by molar-refractivity contribution is 6.34. The van der Waals surface area contributed by atoms with Crippen LogP contribution in [0.4, 0.5) is 0 Å². The first-order valence-electron chi connectivity index (χ1n) is 9.05.